The molecule has 0 fully saturated rings. The molecule has 33 heavy (non-hydrogen) atoms. The summed E-state index contributed by atoms with van der Waals surface area (Å²) < 4.78 is 11.3. The summed E-state index contributed by atoms with van der Waals surface area (Å²) in [6, 6.07) is 12.6. The van der Waals surface area contributed by atoms with Crippen LogP contribution in [0.4, 0.5) is 5.82 Å². The van der Waals surface area contributed by atoms with Gasteiger partial charge in [-0.15, -0.1) is 0 Å². The minimum atomic E-state index is -0.283. The number of aromatic nitrogens is 2. The van der Waals surface area contributed by atoms with Crippen molar-refractivity contribution in [3.05, 3.63) is 70.9 Å². The number of carbonyl (C=O) groups is 2. The quantitative estimate of drug-likeness (QED) is 0.311. The van der Waals surface area contributed by atoms with Gasteiger partial charge in [0.15, 0.2) is 5.16 Å². The highest BCUT2D eigenvalue weighted by atomic mass is 32.2. The molecule has 0 saturated heterocycles. The number of benzene rings is 1. The van der Waals surface area contributed by atoms with Crippen LogP contribution in [-0.4, -0.2) is 39.5 Å². The monoisotopic (exact) mass is 464 g/mol. The van der Waals surface area contributed by atoms with Crippen molar-refractivity contribution in [3.8, 4) is 0 Å². The number of fused-ring (bicyclic) bond motifs is 1. The van der Waals surface area contributed by atoms with Crippen molar-refractivity contribution in [3.63, 3.8) is 0 Å². The molecule has 4 aromatic rings. The molecule has 0 saturated carbocycles. The number of aryl methyl sites for hydroxylation is 3. The van der Waals surface area contributed by atoms with Gasteiger partial charge in [-0.2, -0.15) is 4.98 Å². The molecule has 0 aliphatic heterocycles. The Hall–Kier alpha value is -3.59. The lowest BCUT2D eigenvalue weighted by Crippen LogP contribution is -2.27. The molecule has 0 aliphatic carbocycles. The molecule has 0 spiro atoms. The van der Waals surface area contributed by atoms with Gasteiger partial charge in [-0.3, -0.25) is 9.59 Å². The topological polar surface area (TPSA) is 101 Å². The summed E-state index contributed by atoms with van der Waals surface area (Å²) in [6.07, 6.45) is 0. The fourth-order valence-electron chi connectivity index (χ4n) is 3.28. The number of furan rings is 2. The molecule has 0 unspecified atom stereocenters. The Morgan fingerprint density at radius 2 is 1.79 bits per heavy atom. The molecule has 4 rings (SSSR count). The number of carbonyl (C=O) groups excluding carboxylic acids is 2. The minimum Gasteiger partial charge on any atom is -0.464 e. The summed E-state index contributed by atoms with van der Waals surface area (Å²) in [5, 5.41) is 3.86. The van der Waals surface area contributed by atoms with E-state index in [0.717, 1.165) is 17.1 Å². The Kier molecular flexibility index (Phi) is 6.50. The van der Waals surface area contributed by atoms with Gasteiger partial charge in [0.25, 0.3) is 5.91 Å². The van der Waals surface area contributed by atoms with E-state index in [0.29, 0.717) is 39.9 Å². The van der Waals surface area contributed by atoms with E-state index < -0.39 is 0 Å². The average molecular weight is 465 g/mol. The number of nitrogens with zero attached hydrogens (tertiary/aromatic N) is 3. The van der Waals surface area contributed by atoms with E-state index in [1.54, 1.807) is 36.2 Å². The fraction of sp³-hybridized carbons (Fsp3) is 0.250. The Morgan fingerprint density at radius 1 is 1.03 bits per heavy atom. The van der Waals surface area contributed by atoms with Crippen molar-refractivity contribution in [1.29, 1.82) is 0 Å². The highest BCUT2D eigenvalue weighted by Crippen LogP contribution is 2.31. The number of hydrogen-bond acceptors (Lipinski definition) is 7. The second-order valence-corrected chi connectivity index (χ2v) is 8.63. The van der Waals surface area contributed by atoms with Crippen LogP contribution >= 0.6 is 11.8 Å². The summed E-state index contributed by atoms with van der Waals surface area (Å²) in [5.74, 6) is 2.33. The van der Waals surface area contributed by atoms with Gasteiger partial charge in [-0.05, 0) is 45.0 Å². The highest BCUT2D eigenvalue weighted by molar-refractivity contribution is 7.99. The zero-order valence-corrected chi connectivity index (χ0v) is 19.7. The molecule has 0 bridgehead atoms. The molecule has 1 N–H and O–H groups in total. The standard InChI is InChI=1S/C24H24N4O4S/c1-14-10-11-18(31-14)12-28(4)19(29)13-33-24-26-21(20-15(2)16(3)32-23(20)27-24)25-22(30)17-8-6-5-7-9-17/h5-11H,12-13H2,1-4H3,(H,25,26,27,30). The van der Waals surface area contributed by atoms with Crippen LogP contribution < -0.4 is 5.32 Å². The largest absolute Gasteiger partial charge is 0.464 e. The first-order valence-corrected chi connectivity index (χ1v) is 11.4. The van der Waals surface area contributed by atoms with E-state index in [2.05, 4.69) is 15.3 Å². The van der Waals surface area contributed by atoms with Crippen molar-refractivity contribution in [2.45, 2.75) is 32.5 Å². The van der Waals surface area contributed by atoms with Crippen LogP contribution in [0, 0.1) is 20.8 Å². The second kappa shape index (κ2) is 9.50. The van der Waals surface area contributed by atoms with E-state index in [1.807, 2.05) is 39.0 Å². The van der Waals surface area contributed by atoms with Crippen LogP contribution in [-0.2, 0) is 11.3 Å². The third kappa shape index (κ3) is 5.09. The van der Waals surface area contributed by atoms with E-state index in [-0.39, 0.29) is 17.6 Å². The first kappa shape index (κ1) is 22.6. The minimum absolute atomic E-state index is 0.0978. The van der Waals surface area contributed by atoms with Crippen LogP contribution in [0.15, 0.2) is 56.5 Å². The van der Waals surface area contributed by atoms with E-state index in [9.17, 15) is 9.59 Å². The lowest BCUT2D eigenvalue weighted by molar-refractivity contribution is -0.127. The third-order valence-corrected chi connectivity index (χ3v) is 6.05. The number of anilines is 1. The Labute approximate surface area is 195 Å². The highest BCUT2D eigenvalue weighted by Gasteiger charge is 2.20. The van der Waals surface area contributed by atoms with Crippen molar-refractivity contribution in [1.82, 2.24) is 14.9 Å². The van der Waals surface area contributed by atoms with Crippen LogP contribution in [0.3, 0.4) is 0 Å². The number of rotatable bonds is 7. The normalized spacial score (nSPS) is 11.0. The lowest BCUT2D eigenvalue weighted by atomic mass is 10.2. The second-order valence-electron chi connectivity index (χ2n) is 7.69. The Balaban J connectivity index is 1.53. The summed E-state index contributed by atoms with van der Waals surface area (Å²) in [4.78, 5) is 35.9. The van der Waals surface area contributed by atoms with Gasteiger partial charge in [-0.1, -0.05) is 30.0 Å². The molecule has 8 nitrogen and oxygen atoms in total. The molecule has 3 heterocycles. The molecule has 9 heteroatoms. The predicted octanol–water partition coefficient (Wildman–Crippen LogP) is 4.74. The van der Waals surface area contributed by atoms with Gasteiger partial charge in [0.2, 0.25) is 11.6 Å². The number of thioether (sulfide) groups is 1. The first-order chi connectivity index (χ1) is 15.8. The summed E-state index contributed by atoms with van der Waals surface area (Å²) in [5.41, 5.74) is 1.74. The van der Waals surface area contributed by atoms with Crippen molar-refractivity contribution in [2.24, 2.45) is 0 Å². The molecular weight excluding hydrogens is 440 g/mol. The lowest BCUT2D eigenvalue weighted by Gasteiger charge is -2.15. The van der Waals surface area contributed by atoms with E-state index in [1.165, 1.54) is 11.8 Å². The maximum absolute atomic E-state index is 12.7. The van der Waals surface area contributed by atoms with Crippen LogP contribution in [0.2, 0.25) is 0 Å². The summed E-state index contributed by atoms with van der Waals surface area (Å²) in [7, 11) is 1.72. The predicted molar refractivity (Wildman–Crippen MR) is 126 cm³/mol. The average Bonchev–Trinajstić information content (AvgIpc) is 3.34. The molecule has 2 amide bonds. The fourth-order valence-corrected chi connectivity index (χ4v) is 4.06. The number of amides is 2. The van der Waals surface area contributed by atoms with Crippen LogP contribution in [0.5, 0.6) is 0 Å². The number of nitrogens with one attached hydrogen (secondary N) is 1. The van der Waals surface area contributed by atoms with E-state index in [4.69, 9.17) is 8.83 Å². The van der Waals surface area contributed by atoms with Crippen molar-refractivity contribution >= 4 is 40.5 Å². The first-order valence-electron chi connectivity index (χ1n) is 10.4. The molecule has 170 valence electrons. The Bertz CT molecular complexity index is 1310. The van der Waals surface area contributed by atoms with Crippen molar-refractivity contribution in [2.75, 3.05) is 18.1 Å². The van der Waals surface area contributed by atoms with Gasteiger partial charge in [0.1, 0.15) is 23.1 Å². The molecule has 0 atom stereocenters. The third-order valence-electron chi connectivity index (χ3n) is 5.22. The van der Waals surface area contributed by atoms with Gasteiger partial charge in [-0.25, -0.2) is 4.98 Å². The summed E-state index contributed by atoms with van der Waals surface area (Å²) >= 11 is 1.18. The van der Waals surface area contributed by atoms with Crippen LogP contribution in [0.25, 0.3) is 11.1 Å². The molecule has 3 aromatic heterocycles. The molecular formula is C24H24N4O4S. The Morgan fingerprint density at radius 3 is 2.48 bits per heavy atom. The number of hydrogen-bond donors (Lipinski definition) is 1. The summed E-state index contributed by atoms with van der Waals surface area (Å²) in [6.45, 7) is 5.97. The molecule has 1 aromatic carbocycles. The maximum Gasteiger partial charge on any atom is 0.256 e. The van der Waals surface area contributed by atoms with Gasteiger partial charge >= 0.3 is 0 Å². The van der Waals surface area contributed by atoms with E-state index >= 15 is 0 Å². The molecule has 0 aliphatic rings. The van der Waals surface area contributed by atoms with Crippen molar-refractivity contribution < 1.29 is 18.4 Å². The van der Waals surface area contributed by atoms with Gasteiger partial charge < -0.3 is 19.1 Å². The maximum atomic E-state index is 12.7. The van der Waals surface area contributed by atoms with Gasteiger partial charge in [0, 0.05) is 18.2 Å². The molecule has 0 radical (unpaired) electrons. The smallest absolute Gasteiger partial charge is 0.256 e. The zero-order valence-electron chi connectivity index (χ0n) is 18.8. The van der Waals surface area contributed by atoms with Gasteiger partial charge in [0.05, 0.1) is 17.7 Å². The zero-order chi connectivity index (χ0) is 23.5. The van der Waals surface area contributed by atoms with Crippen LogP contribution in [0.1, 0.15) is 33.2 Å². The SMILES string of the molecule is Cc1ccc(CN(C)C(=O)CSc2nc(NC(=O)c3ccccc3)c3c(C)c(C)oc3n2)o1.